The van der Waals surface area contributed by atoms with Gasteiger partial charge in [-0.25, -0.2) is 27.1 Å². The second-order valence-corrected chi connectivity index (χ2v) is 9.80. The standard InChI is InChI=1S/C19H23FN6O2S2/c1-11(2)15-14(17(29)18-24-21-10-25(18)3)16(12-6-8-13(20)9-7-12)23-19(22-15)26(4)30(5,27)28/h6-11,17,29H,1-5H3. The van der Waals surface area contributed by atoms with E-state index in [-0.39, 0.29) is 17.7 Å². The Bertz CT molecular complexity index is 1160. The number of anilines is 1. The van der Waals surface area contributed by atoms with Crippen LogP contribution in [0.25, 0.3) is 11.3 Å². The van der Waals surface area contributed by atoms with Gasteiger partial charge >= 0.3 is 0 Å². The molecule has 11 heteroatoms. The highest BCUT2D eigenvalue weighted by Gasteiger charge is 2.28. The van der Waals surface area contributed by atoms with E-state index in [1.54, 1.807) is 30.1 Å². The van der Waals surface area contributed by atoms with Crippen molar-refractivity contribution in [1.82, 2.24) is 24.7 Å². The van der Waals surface area contributed by atoms with Crippen LogP contribution in [0.2, 0.25) is 0 Å². The molecule has 1 aromatic carbocycles. The number of benzene rings is 1. The van der Waals surface area contributed by atoms with Crippen LogP contribution in [0.3, 0.4) is 0 Å². The zero-order chi connectivity index (χ0) is 22.2. The van der Waals surface area contributed by atoms with Crippen LogP contribution >= 0.6 is 12.6 Å². The van der Waals surface area contributed by atoms with E-state index < -0.39 is 15.3 Å². The van der Waals surface area contributed by atoms with E-state index in [2.05, 4.69) is 20.2 Å². The molecule has 0 radical (unpaired) electrons. The minimum absolute atomic E-state index is 0.0303. The molecule has 0 spiro atoms. The zero-order valence-electron chi connectivity index (χ0n) is 17.3. The zero-order valence-corrected chi connectivity index (χ0v) is 19.0. The van der Waals surface area contributed by atoms with E-state index in [0.717, 1.165) is 10.6 Å². The summed E-state index contributed by atoms with van der Waals surface area (Å²) in [6, 6.07) is 5.83. The van der Waals surface area contributed by atoms with Crippen LogP contribution < -0.4 is 4.31 Å². The van der Waals surface area contributed by atoms with E-state index in [9.17, 15) is 12.8 Å². The van der Waals surface area contributed by atoms with Crippen molar-refractivity contribution in [2.24, 2.45) is 7.05 Å². The molecule has 1 unspecified atom stereocenters. The predicted molar refractivity (Wildman–Crippen MR) is 117 cm³/mol. The molecule has 2 heterocycles. The van der Waals surface area contributed by atoms with Gasteiger partial charge in [-0.1, -0.05) is 13.8 Å². The summed E-state index contributed by atoms with van der Waals surface area (Å²) in [7, 11) is -0.388. The number of rotatable bonds is 6. The molecule has 2 aromatic heterocycles. The van der Waals surface area contributed by atoms with Gasteiger partial charge in [-0.05, 0) is 30.2 Å². The first-order chi connectivity index (χ1) is 14.0. The molecule has 0 fully saturated rings. The van der Waals surface area contributed by atoms with Crippen molar-refractivity contribution in [2.75, 3.05) is 17.6 Å². The van der Waals surface area contributed by atoms with Crippen LogP contribution in [0, 0.1) is 5.82 Å². The second-order valence-electron chi connectivity index (χ2n) is 7.27. The number of aromatic nitrogens is 5. The topological polar surface area (TPSA) is 93.9 Å². The van der Waals surface area contributed by atoms with Gasteiger partial charge in [-0.2, -0.15) is 12.6 Å². The molecule has 8 nitrogen and oxygen atoms in total. The number of nitrogens with zero attached hydrogens (tertiary/aromatic N) is 6. The van der Waals surface area contributed by atoms with Gasteiger partial charge in [0.1, 0.15) is 18.0 Å². The number of hydrogen-bond acceptors (Lipinski definition) is 7. The summed E-state index contributed by atoms with van der Waals surface area (Å²) in [6.45, 7) is 3.89. The number of sulfonamides is 1. The molecular weight excluding hydrogens is 427 g/mol. The predicted octanol–water partition coefficient (Wildman–Crippen LogP) is 2.95. The molecule has 3 rings (SSSR count). The third-order valence-electron chi connectivity index (χ3n) is 4.67. The van der Waals surface area contributed by atoms with Gasteiger partial charge in [-0.15, -0.1) is 10.2 Å². The molecule has 0 amide bonds. The van der Waals surface area contributed by atoms with Gasteiger partial charge in [0, 0.05) is 25.2 Å². The Balaban J connectivity index is 2.35. The van der Waals surface area contributed by atoms with Gasteiger partial charge in [0.15, 0.2) is 0 Å². The monoisotopic (exact) mass is 450 g/mol. The largest absolute Gasteiger partial charge is 0.320 e. The lowest BCUT2D eigenvalue weighted by Gasteiger charge is -2.24. The van der Waals surface area contributed by atoms with Crippen LogP contribution in [0.1, 0.15) is 42.1 Å². The lowest BCUT2D eigenvalue weighted by molar-refractivity contribution is 0.599. The molecular formula is C19H23FN6O2S2. The lowest BCUT2D eigenvalue weighted by atomic mass is 9.95. The van der Waals surface area contributed by atoms with Crippen LogP contribution in [0.5, 0.6) is 0 Å². The normalized spacial score (nSPS) is 12.9. The summed E-state index contributed by atoms with van der Waals surface area (Å²) in [5.74, 6) is 0.151. The van der Waals surface area contributed by atoms with Gasteiger partial charge in [0.2, 0.25) is 16.0 Å². The van der Waals surface area contributed by atoms with Crippen molar-refractivity contribution in [3.8, 4) is 11.3 Å². The third-order valence-corrected chi connectivity index (χ3v) is 6.32. The molecule has 0 saturated carbocycles. The smallest absolute Gasteiger partial charge is 0.239 e. The summed E-state index contributed by atoms with van der Waals surface area (Å²) in [5.41, 5.74) is 2.36. The Morgan fingerprint density at radius 1 is 1.17 bits per heavy atom. The average Bonchev–Trinajstić information content (AvgIpc) is 3.11. The molecule has 3 aromatic rings. The van der Waals surface area contributed by atoms with Crippen LogP contribution in [0.4, 0.5) is 10.3 Å². The van der Waals surface area contributed by atoms with E-state index >= 15 is 0 Å². The third kappa shape index (κ3) is 4.31. The molecule has 0 aliphatic rings. The molecule has 160 valence electrons. The fourth-order valence-electron chi connectivity index (χ4n) is 2.97. The number of hydrogen-bond donors (Lipinski definition) is 1. The van der Waals surface area contributed by atoms with Crippen molar-refractivity contribution < 1.29 is 12.8 Å². The SMILES string of the molecule is CC(C)c1nc(N(C)S(C)(=O)=O)nc(-c2ccc(F)cc2)c1C(S)c1nncn1C. The van der Waals surface area contributed by atoms with Crippen LogP contribution in [0.15, 0.2) is 30.6 Å². The average molecular weight is 451 g/mol. The molecule has 0 aliphatic carbocycles. The van der Waals surface area contributed by atoms with E-state index in [1.807, 2.05) is 13.8 Å². The number of aryl methyl sites for hydroxylation is 1. The van der Waals surface area contributed by atoms with Gasteiger partial charge in [0.05, 0.1) is 22.9 Å². The van der Waals surface area contributed by atoms with Gasteiger partial charge < -0.3 is 4.57 Å². The first-order valence-electron chi connectivity index (χ1n) is 9.14. The molecule has 0 bridgehead atoms. The molecule has 0 saturated heterocycles. The minimum atomic E-state index is -3.58. The maximum atomic E-state index is 13.6. The summed E-state index contributed by atoms with van der Waals surface area (Å²) in [5, 5.41) is 7.54. The minimum Gasteiger partial charge on any atom is -0.320 e. The Morgan fingerprint density at radius 3 is 2.30 bits per heavy atom. The fraction of sp³-hybridized carbons (Fsp3) is 0.368. The Labute approximate surface area is 180 Å². The highest BCUT2D eigenvalue weighted by Crippen LogP contribution is 2.39. The maximum Gasteiger partial charge on any atom is 0.239 e. The van der Waals surface area contributed by atoms with E-state index in [1.165, 1.54) is 19.2 Å². The molecule has 1 atom stereocenters. The fourth-order valence-corrected chi connectivity index (χ4v) is 3.84. The van der Waals surface area contributed by atoms with Crippen molar-refractivity contribution >= 4 is 28.6 Å². The molecule has 0 aliphatic heterocycles. The highest BCUT2D eigenvalue weighted by atomic mass is 32.2. The molecule has 30 heavy (non-hydrogen) atoms. The quantitative estimate of drug-likeness (QED) is 0.581. The summed E-state index contributed by atoms with van der Waals surface area (Å²) < 4.78 is 40.5. The maximum absolute atomic E-state index is 13.6. The van der Waals surface area contributed by atoms with Crippen LogP contribution in [-0.2, 0) is 17.1 Å². The van der Waals surface area contributed by atoms with E-state index in [4.69, 9.17) is 12.6 Å². The second kappa shape index (κ2) is 8.31. The van der Waals surface area contributed by atoms with E-state index in [0.29, 0.717) is 28.3 Å². The van der Waals surface area contributed by atoms with Gasteiger partial charge in [-0.3, -0.25) is 0 Å². The first-order valence-corrected chi connectivity index (χ1v) is 11.5. The lowest BCUT2D eigenvalue weighted by Crippen LogP contribution is -2.28. The number of thiol groups is 1. The highest BCUT2D eigenvalue weighted by molar-refractivity contribution is 7.92. The van der Waals surface area contributed by atoms with Gasteiger partial charge in [0.25, 0.3) is 0 Å². The summed E-state index contributed by atoms with van der Waals surface area (Å²) in [4.78, 5) is 9.11. The van der Waals surface area contributed by atoms with Crippen molar-refractivity contribution in [3.05, 3.63) is 53.5 Å². The summed E-state index contributed by atoms with van der Waals surface area (Å²) >= 11 is 4.78. The van der Waals surface area contributed by atoms with Crippen molar-refractivity contribution in [2.45, 2.75) is 25.0 Å². The summed E-state index contributed by atoms with van der Waals surface area (Å²) in [6.07, 6.45) is 2.65. The molecule has 0 N–H and O–H groups in total. The van der Waals surface area contributed by atoms with Crippen molar-refractivity contribution in [3.63, 3.8) is 0 Å². The Kier molecular flexibility index (Phi) is 6.14. The first kappa shape index (κ1) is 22.2. The van der Waals surface area contributed by atoms with Crippen molar-refractivity contribution in [1.29, 1.82) is 0 Å². The Hall–Kier alpha value is -2.53. The Morgan fingerprint density at radius 2 is 1.80 bits per heavy atom. The number of halogens is 1. The van der Waals surface area contributed by atoms with Crippen LogP contribution in [-0.4, -0.2) is 46.5 Å².